The highest BCUT2D eigenvalue weighted by atomic mass is 32.2. The van der Waals surface area contributed by atoms with Crippen LogP contribution in [-0.2, 0) is 19.1 Å². The van der Waals surface area contributed by atoms with Crippen LogP contribution in [-0.4, -0.2) is 89.6 Å². The van der Waals surface area contributed by atoms with Gasteiger partial charge in [0, 0.05) is 18.1 Å². The number of aromatic amines is 1. The summed E-state index contributed by atoms with van der Waals surface area (Å²) in [7, 11) is 0. The number of β-lactam (4-membered cyclic amide) rings is 1. The monoisotopic (exact) mass is 474 g/mol. The van der Waals surface area contributed by atoms with Crippen LogP contribution >= 0.6 is 35.3 Å². The van der Waals surface area contributed by atoms with E-state index in [4.69, 9.17) is 4.74 Å². The first-order valence-corrected chi connectivity index (χ1v) is 12.4. The van der Waals surface area contributed by atoms with Crippen LogP contribution in [0.2, 0.25) is 0 Å². The van der Waals surface area contributed by atoms with Crippen molar-refractivity contribution < 1.29 is 24.2 Å². The fourth-order valence-electron chi connectivity index (χ4n) is 2.88. The minimum Gasteiger partial charge on any atom is -0.477 e. The third kappa shape index (κ3) is 5.47. The molecule has 0 aliphatic carbocycles. The van der Waals surface area contributed by atoms with Gasteiger partial charge in [0.25, 0.3) is 5.91 Å². The number of amides is 2. The summed E-state index contributed by atoms with van der Waals surface area (Å²) in [6.45, 7) is 2.74. The Morgan fingerprint density at radius 1 is 1.47 bits per heavy atom. The minimum absolute atomic E-state index is 0.0204. The van der Waals surface area contributed by atoms with Gasteiger partial charge in [-0.15, -0.1) is 28.6 Å². The van der Waals surface area contributed by atoms with Gasteiger partial charge in [-0.2, -0.15) is 0 Å². The molecule has 0 spiro atoms. The van der Waals surface area contributed by atoms with Gasteiger partial charge in [0.15, 0.2) is 0 Å². The van der Waals surface area contributed by atoms with Gasteiger partial charge < -0.3 is 15.2 Å². The summed E-state index contributed by atoms with van der Waals surface area (Å²) in [5.41, 5.74) is 0.594. The van der Waals surface area contributed by atoms with E-state index in [0.717, 1.165) is 12.8 Å². The Morgan fingerprint density at radius 2 is 2.30 bits per heavy atom. The normalized spacial score (nSPS) is 20.7. The molecule has 3 heterocycles. The maximum atomic E-state index is 12.6. The summed E-state index contributed by atoms with van der Waals surface area (Å²) >= 11 is 4.03. The lowest BCUT2D eigenvalue weighted by molar-refractivity contribution is -0.150. The first-order valence-electron chi connectivity index (χ1n) is 9.24. The average molecular weight is 475 g/mol. The number of carboxylic acid groups (broad SMARTS) is 1. The molecule has 1 saturated heterocycles. The van der Waals surface area contributed by atoms with Crippen molar-refractivity contribution in [1.29, 1.82) is 0 Å². The lowest BCUT2D eigenvalue weighted by atomic mass is 10.0. The lowest BCUT2D eigenvalue weighted by Gasteiger charge is -2.49. The maximum Gasteiger partial charge on any atom is 0.352 e. The molecular weight excluding hydrogens is 452 g/mol. The van der Waals surface area contributed by atoms with Crippen molar-refractivity contribution in [3.05, 3.63) is 11.3 Å². The first-order chi connectivity index (χ1) is 14.5. The van der Waals surface area contributed by atoms with Crippen molar-refractivity contribution >= 4 is 53.1 Å². The fraction of sp³-hybridized carbons (Fsp3) is 0.625. The zero-order chi connectivity index (χ0) is 21.5. The molecule has 164 valence electrons. The second-order valence-electron chi connectivity index (χ2n) is 6.44. The number of nitrogens with one attached hydrogen (secondary N) is 2. The number of hydrogen-bond donors (Lipinski definition) is 3. The number of ether oxygens (including phenoxy) is 1. The summed E-state index contributed by atoms with van der Waals surface area (Å²) in [5, 5.41) is 25.7. The topological polar surface area (TPSA) is 150 Å². The van der Waals surface area contributed by atoms with Crippen molar-refractivity contribution in [2.45, 2.75) is 36.3 Å². The number of carbonyl (C=O) groups is 3. The van der Waals surface area contributed by atoms with Gasteiger partial charge >= 0.3 is 5.97 Å². The van der Waals surface area contributed by atoms with Gasteiger partial charge in [0.1, 0.15) is 17.1 Å². The SMILES string of the molecule is CCCCOCSCC(=O)N[C@H]1C(=O)N2C(C(=O)O)=C(CSc3nnn[nH]3)CSC12. The Hall–Kier alpha value is -1.77. The number of carboxylic acids is 1. The van der Waals surface area contributed by atoms with Crippen LogP contribution in [0.15, 0.2) is 16.4 Å². The zero-order valence-corrected chi connectivity index (χ0v) is 18.6. The maximum absolute atomic E-state index is 12.6. The molecule has 2 aliphatic rings. The van der Waals surface area contributed by atoms with E-state index >= 15 is 0 Å². The van der Waals surface area contributed by atoms with Gasteiger partial charge in [-0.25, -0.2) is 9.89 Å². The van der Waals surface area contributed by atoms with Crippen LogP contribution in [0.3, 0.4) is 0 Å². The third-order valence-corrected chi connectivity index (χ3v) is 7.40. The number of rotatable bonds is 12. The summed E-state index contributed by atoms with van der Waals surface area (Å²) in [6, 6.07) is -0.717. The molecule has 0 aromatic carbocycles. The zero-order valence-electron chi connectivity index (χ0n) is 16.2. The molecule has 2 aliphatic heterocycles. The Labute approximate surface area is 185 Å². The standard InChI is InChI=1S/C16H22N6O5S3/c1-2-3-4-27-8-28-7-10(23)17-11-13(24)22-12(15(25)26)9(5-29-14(11)22)6-30-16-18-20-21-19-16/h11,14H,2-8H2,1H3,(H,17,23)(H,25,26)(H,18,19,20,21)/t11-,14?/m0/s1. The summed E-state index contributed by atoms with van der Waals surface area (Å²) < 4.78 is 5.39. The van der Waals surface area contributed by atoms with Crippen LogP contribution in [0, 0.1) is 0 Å². The van der Waals surface area contributed by atoms with E-state index in [1.807, 2.05) is 0 Å². The van der Waals surface area contributed by atoms with Crippen LogP contribution < -0.4 is 5.32 Å². The van der Waals surface area contributed by atoms with E-state index in [1.165, 1.54) is 40.2 Å². The highest BCUT2D eigenvalue weighted by Gasteiger charge is 2.54. The van der Waals surface area contributed by atoms with E-state index in [0.29, 0.717) is 34.8 Å². The molecule has 2 amide bonds. The van der Waals surface area contributed by atoms with Crippen molar-refractivity contribution in [2.75, 3.05) is 29.8 Å². The summed E-state index contributed by atoms with van der Waals surface area (Å²) in [4.78, 5) is 37.8. The number of thioether (sulfide) groups is 3. The molecule has 1 aromatic rings. The molecule has 1 unspecified atom stereocenters. The van der Waals surface area contributed by atoms with E-state index in [9.17, 15) is 19.5 Å². The molecule has 30 heavy (non-hydrogen) atoms. The van der Waals surface area contributed by atoms with Gasteiger partial charge in [-0.1, -0.05) is 25.1 Å². The predicted octanol–water partition coefficient (Wildman–Crippen LogP) is 0.538. The van der Waals surface area contributed by atoms with Crippen molar-refractivity contribution in [3.63, 3.8) is 0 Å². The van der Waals surface area contributed by atoms with Crippen molar-refractivity contribution in [2.24, 2.45) is 0 Å². The van der Waals surface area contributed by atoms with Crippen LogP contribution in [0.5, 0.6) is 0 Å². The van der Waals surface area contributed by atoms with Gasteiger partial charge in [0.2, 0.25) is 11.1 Å². The third-order valence-electron chi connectivity index (χ3n) is 4.32. The molecule has 1 aromatic heterocycles. The Balaban J connectivity index is 1.52. The quantitative estimate of drug-likeness (QED) is 0.168. The van der Waals surface area contributed by atoms with E-state index in [1.54, 1.807) is 0 Å². The lowest BCUT2D eigenvalue weighted by Crippen LogP contribution is -2.70. The minimum atomic E-state index is -1.16. The highest BCUT2D eigenvalue weighted by Crippen LogP contribution is 2.41. The molecule has 14 heteroatoms. The van der Waals surface area contributed by atoms with Crippen molar-refractivity contribution in [3.8, 4) is 0 Å². The molecule has 0 saturated carbocycles. The largest absolute Gasteiger partial charge is 0.477 e. The molecular formula is C16H22N6O5S3. The van der Waals surface area contributed by atoms with Gasteiger partial charge in [-0.3, -0.25) is 14.5 Å². The molecule has 3 rings (SSSR count). The molecule has 0 bridgehead atoms. The predicted molar refractivity (Wildman–Crippen MR) is 113 cm³/mol. The number of nitrogens with zero attached hydrogens (tertiary/aromatic N) is 4. The average Bonchev–Trinajstić information content (AvgIpc) is 3.25. The van der Waals surface area contributed by atoms with Crippen LogP contribution in [0.25, 0.3) is 0 Å². The molecule has 0 radical (unpaired) electrons. The number of aliphatic carboxylic acids is 1. The second kappa shape index (κ2) is 11.0. The Kier molecular flexibility index (Phi) is 8.41. The van der Waals surface area contributed by atoms with Crippen molar-refractivity contribution in [1.82, 2.24) is 30.8 Å². The molecule has 3 N–H and O–H groups in total. The number of carbonyl (C=O) groups excluding carboxylic acids is 2. The second-order valence-corrected chi connectivity index (χ2v) is 9.44. The van der Waals surface area contributed by atoms with Crippen LogP contribution in [0.4, 0.5) is 0 Å². The number of tetrazole rings is 1. The molecule has 1 fully saturated rings. The fourth-order valence-corrected chi connectivity index (χ4v) is 5.69. The van der Waals surface area contributed by atoms with Crippen LogP contribution in [0.1, 0.15) is 19.8 Å². The van der Waals surface area contributed by atoms with E-state index in [-0.39, 0.29) is 17.4 Å². The number of aromatic nitrogens is 4. The van der Waals surface area contributed by atoms with E-state index in [2.05, 4.69) is 32.9 Å². The first kappa shape index (κ1) is 22.9. The molecule has 11 nitrogen and oxygen atoms in total. The number of unbranched alkanes of at least 4 members (excludes halogenated alkanes) is 1. The summed E-state index contributed by atoms with van der Waals surface area (Å²) in [5.74, 6) is -0.454. The summed E-state index contributed by atoms with van der Waals surface area (Å²) in [6.07, 6.45) is 2.03. The number of hydrogen-bond acceptors (Lipinski definition) is 10. The smallest absolute Gasteiger partial charge is 0.352 e. The van der Waals surface area contributed by atoms with Gasteiger partial charge in [0.05, 0.1) is 11.7 Å². The highest BCUT2D eigenvalue weighted by molar-refractivity contribution is 8.01. The Morgan fingerprint density at radius 3 is 3.00 bits per heavy atom. The Bertz CT molecular complexity index is 805. The molecule has 2 atom stereocenters. The van der Waals surface area contributed by atoms with E-state index < -0.39 is 23.3 Å². The number of H-pyrrole nitrogens is 1. The van der Waals surface area contributed by atoms with Gasteiger partial charge in [-0.05, 0) is 22.4 Å². The number of fused-ring (bicyclic) bond motifs is 1.